The highest BCUT2D eigenvalue weighted by Gasteiger charge is 2.28. The minimum absolute atomic E-state index is 0.0307. The Labute approximate surface area is 113 Å². The Morgan fingerprint density at radius 1 is 1.45 bits per heavy atom. The highest BCUT2D eigenvalue weighted by atomic mass is 16.5. The van der Waals surface area contributed by atoms with Gasteiger partial charge in [-0.25, -0.2) is 4.79 Å². The summed E-state index contributed by atoms with van der Waals surface area (Å²) in [4.78, 5) is 11.2. The van der Waals surface area contributed by atoms with Crippen LogP contribution in [0.1, 0.15) is 11.6 Å². The van der Waals surface area contributed by atoms with Crippen LogP contribution in [-0.4, -0.2) is 38.4 Å². The molecule has 3 rings (SSSR count). The van der Waals surface area contributed by atoms with E-state index in [0.717, 1.165) is 5.56 Å². The molecule has 8 heteroatoms. The summed E-state index contributed by atoms with van der Waals surface area (Å²) < 4.78 is 6.81. The number of benzene rings is 1. The van der Waals surface area contributed by atoms with E-state index in [-0.39, 0.29) is 11.6 Å². The molecule has 2 aromatic rings. The van der Waals surface area contributed by atoms with Gasteiger partial charge in [0.1, 0.15) is 17.5 Å². The van der Waals surface area contributed by atoms with Gasteiger partial charge in [-0.1, -0.05) is 23.3 Å². The Balaban J connectivity index is 2.14. The number of hydrogen-bond donors (Lipinski definition) is 2. The Morgan fingerprint density at radius 3 is 3.00 bits per heavy atom. The van der Waals surface area contributed by atoms with E-state index in [2.05, 4.69) is 20.8 Å². The molecule has 0 saturated heterocycles. The maximum absolute atomic E-state index is 11.2. The summed E-state index contributed by atoms with van der Waals surface area (Å²) in [7, 11) is 1.56. The Kier molecular flexibility index (Phi) is 2.82. The van der Waals surface area contributed by atoms with Gasteiger partial charge in [0.05, 0.1) is 7.11 Å². The Morgan fingerprint density at radius 2 is 2.25 bits per heavy atom. The lowest BCUT2D eigenvalue weighted by atomic mass is 10.0. The summed E-state index contributed by atoms with van der Waals surface area (Å²) in [5, 5.41) is 23.0. The number of carboxylic acid groups (broad SMARTS) is 1. The molecule has 1 unspecified atom stereocenters. The first-order valence-corrected chi connectivity index (χ1v) is 5.83. The van der Waals surface area contributed by atoms with Gasteiger partial charge in [-0.2, -0.15) is 4.68 Å². The van der Waals surface area contributed by atoms with E-state index in [1.54, 1.807) is 19.3 Å². The fourth-order valence-electron chi connectivity index (χ4n) is 2.11. The van der Waals surface area contributed by atoms with Crippen molar-refractivity contribution in [3.05, 3.63) is 41.6 Å². The van der Waals surface area contributed by atoms with E-state index < -0.39 is 12.0 Å². The van der Waals surface area contributed by atoms with Crippen molar-refractivity contribution >= 4 is 11.9 Å². The average molecular weight is 273 g/mol. The SMILES string of the molecule is COc1ccccc1C1C=C(C(=O)O)Nc2nnnn21. The molecular formula is C12H11N5O3. The van der Waals surface area contributed by atoms with Crippen LogP contribution in [0.25, 0.3) is 0 Å². The number of anilines is 1. The number of ether oxygens (including phenoxy) is 1. The highest BCUT2D eigenvalue weighted by Crippen LogP contribution is 2.33. The summed E-state index contributed by atoms with van der Waals surface area (Å²) >= 11 is 0. The van der Waals surface area contributed by atoms with E-state index in [1.165, 1.54) is 4.68 Å². The van der Waals surface area contributed by atoms with Crippen LogP contribution in [0.4, 0.5) is 5.95 Å². The lowest BCUT2D eigenvalue weighted by Crippen LogP contribution is -2.24. The second kappa shape index (κ2) is 4.65. The Bertz CT molecular complexity index is 694. The van der Waals surface area contributed by atoms with Crippen LogP contribution in [0.2, 0.25) is 0 Å². The largest absolute Gasteiger partial charge is 0.496 e. The smallest absolute Gasteiger partial charge is 0.352 e. The fourth-order valence-corrected chi connectivity index (χ4v) is 2.11. The molecule has 2 N–H and O–H groups in total. The molecule has 1 atom stereocenters. The zero-order valence-electron chi connectivity index (χ0n) is 10.5. The molecule has 0 fully saturated rings. The van der Waals surface area contributed by atoms with Crippen molar-refractivity contribution in [3.63, 3.8) is 0 Å². The third-order valence-electron chi connectivity index (χ3n) is 3.02. The number of nitrogens with zero attached hydrogens (tertiary/aromatic N) is 4. The number of aromatic nitrogens is 4. The van der Waals surface area contributed by atoms with Crippen LogP contribution in [0.5, 0.6) is 5.75 Å². The quantitative estimate of drug-likeness (QED) is 0.847. The van der Waals surface area contributed by atoms with E-state index in [1.807, 2.05) is 18.2 Å². The number of aliphatic carboxylic acids is 1. The van der Waals surface area contributed by atoms with Crippen LogP contribution in [0, 0.1) is 0 Å². The molecule has 2 heterocycles. The number of nitrogens with one attached hydrogen (secondary N) is 1. The average Bonchev–Trinajstić information content (AvgIpc) is 2.94. The molecule has 0 bridgehead atoms. The van der Waals surface area contributed by atoms with Gasteiger partial charge in [0, 0.05) is 5.56 Å². The lowest BCUT2D eigenvalue weighted by molar-refractivity contribution is -0.132. The molecular weight excluding hydrogens is 262 g/mol. The third kappa shape index (κ3) is 1.87. The third-order valence-corrected chi connectivity index (χ3v) is 3.02. The summed E-state index contributed by atoms with van der Waals surface area (Å²) in [6.45, 7) is 0. The summed E-state index contributed by atoms with van der Waals surface area (Å²) in [5.74, 6) is -0.151. The molecule has 20 heavy (non-hydrogen) atoms. The molecule has 0 amide bonds. The molecule has 102 valence electrons. The molecule has 0 spiro atoms. The number of rotatable bonds is 3. The molecule has 8 nitrogen and oxygen atoms in total. The second-order valence-electron chi connectivity index (χ2n) is 4.14. The number of methoxy groups -OCH3 is 1. The number of carbonyl (C=O) groups is 1. The van der Waals surface area contributed by atoms with Crippen molar-refractivity contribution < 1.29 is 14.6 Å². The van der Waals surface area contributed by atoms with Crippen LogP contribution in [0.3, 0.4) is 0 Å². The van der Waals surface area contributed by atoms with Gasteiger partial charge >= 0.3 is 5.97 Å². The predicted octanol–water partition coefficient (Wildman–Crippen LogP) is 0.665. The number of para-hydroxylation sites is 1. The molecule has 1 aliphatic rings. The zero-order valence-corrected chi connectivity index (χ0v) is 10.5. The van der Waals surface area contributed by atoms with E-state index >= 15 is 0 Å². The monoisotopic (exact) mass is 273 g/mol. The number of carboxylic acids is 1. The van der Waals surface area contributed by atoms with Crippen molar-refractivity contribution in [3.8, 4) is 5.75 Å². The second-order valence-corrected chi connectivity index (χ2v) is 4.14. The Hall–Kier alpha value is -2.90. The van der Waals surface area contributed by atoms with Gasteiger partial charge in [0.2, 0.25) is 5.95 Å². The minimum atomic E-state index is -1.07. The maximum Gasteiger partial charge on any atom is 0.352 e. The van der Waals surface area contributed by atoms with E-state index in [0.29, 0.717) is 5.75 Å². The van der Waals surface area contributed by atoms with Crippen molar-refractivity contribution in [2.75, 3.05) is 12.4 Å². The van der Waals surface area contributed by atoms with Crippen molar-refractivity contribution in [1.82, 2.24) is 20.2 Å². The molecule has 0 saturated carbocycles. The summed E-state index contributed by atoms with van der Waals surface area (Å²) in [5.41, 5.74) is 0.812. The summed E-state index contributed by atoms with van der Waals surface area (Å²) in [6, 6.07) is 6.89. The normalized spacial score (nSPS) is 16.9. The van der Waals surface area contributed by atoms with Gasteiger partial charge in [0.25, 0.3) is 0 Å². The van der Waals surface area contributed by atoms with Crippen molar-refractivity contribution in [2.24, 2.45) is 0 Å². The van der Waals surface area contributed by atoms with Crippen LogP contribution >= 0.6 is 0 Å². The van der Waals surface area contributed by atoms with Gasteiger partial charge in [0.15, 0.2) is 0 Å². The minimum Gasteiger partial charge on any atom is -0.496 e. The standard InChI is InChI=1S/C12H11N5O3/c1-20-10-5-3-2-4-7(10)9-6-8(11(18)19)13-12-14-15-16-17(9)12/h2-6,9H,1H3,(H,18,19)(H,13,14,16). The molecule has 0 aliphatic carbocycles. The van der Waals surface area contributed by atoms with E-state index in [9.17, 15) is 4.79 Å². The van der Waals surface area contributed by atoms with Gasteiger partial charge < -0.3 is 15.2 Å². The van der Waals surface area contributed by atoms with Crippen LogP contribution < -0.4 is 10.1 Å². The van der Waals surface area contributed by atoms with Crippen molar-refractivity contribution in [1.29, 1.82) is 0 Å². The van der Waals surface area contributed by atoms with Crippen LogP contribution in [0.15, 0.2) is 36.0 Å². The summed E-state index contributed by atoms with van der Waals surface area (Å²) in [6.07, 6.45) is 1.55. The van der Waals surface area contributed by atoms with Gasteiger partial charge in [-0.15, -0.1) is 0 Å². The van der Waals surface area contributed by atoms with Crippen LogP contribution in [-0.2, 0) is 4.79 Å². The first kappa shape index (κ1) is 12.2. The zero-order chi connectivity index (χ0) is 14.1. The number of allylic oxidation sites excluding steroid dienone is 1. The first-order valence-electron chi connectivity index (χ1n) is 5.83. The molecule has 1 aliphatic heterocycles. The van der Waals surface area contributed by atoms with E-state index in [4.69, 9.17) is 9.84 Å². The maximum atomic E-state index is 11.2. The first-order chi connectivity index (χ1) is 9.70. The number of fused-ring (bicyclic) bond motifs is 1. The lowest BCUT2D eigenvalue weighted by Gasteiger charge is -2.22. The predicted molar refractivity (Wildman–Crippen MR) is 68.3 cm³/mol. The van der Waals surface area contributed by atoms with Gasteiger partial charge in [-0.05, 0) is 22.6 Å². The van der Waals surface area contributed by atoms with Crippen molar-refractivity contribution in [2.45, 2.75) is 6.04 Å². The highest BCUT2D eigenvalue weighted by molar-refractivity contribution is 5.90. The fraction of sp³-hybridized carbons (Fsp3) is 0.167. The molecule has 0 radical (unpaired) electrons. The number of hydrogen-bond acceptors (Lipinski definition) is 6. The topological polar surface area (TPSA) is 102 Å². The molecule has 1 aromatic carbocycles. The van der Waals surface area contributed by atoms with Gasteiger partial charge in [-0.3, -0.25) is 0 Å². The molecule has 1 aromatic heterocycles. The number of tetrazole rings is 1.